The number of ether oxygens (including phenoxy) is 4. The summed E-state index contributed by atoms with van der Waals surface area (Å²) in [6.45, 7) is 4.57. The second-order valence-electron chi connectivity index (χ2n) is 7.43. The van der Waals surface area contributed by atoms with Crippen molar-refractivity contribution in [1.82, 2.24) is 15.5 Å². The molecule has 0 radical (unpaired) electrons. The monoisotopic (exact) mass is 442 g/mol. The Morgan fingerprint density at radius 2 is 1.69 bits per heavy atom. The zero-order chi connectivity index (χ0) is 22.8. The number of aliphatic imine (C=N–C) groups is 1. The maximum Gasteiger partial charge on any atom is 0.191 e. The van der Waals surface area contributed by atoms with Gasteiger partial charge in [-0.2, -0.15) is 0 Å². The summed E-state index contributed by atoms with van der Waals surface area (Å²) in [5, 5.41) is 6.87. The van der Waals surface area contributed by atoms with E-state index < -0.39 is 0 Å². The molecule has 174 valence electrons. The van der Waals surface area contributed by atoms with Crippen molar-refractivity contribution in [2.75, 3.05) is 61.2 Å². The summed E-state index contributed by atoms with van der Waals surface area (Å²) in [4.78, 5) is 6.82. The maximum atomic E-state index is 5.57. The number of benzene rings is 2. The molecule has 8 nitrogen and oxygen atoms in total. The standard InChI is InChI=1S/C24H34N4O4/c1-25-24(26-16-18-5-8-20(29-2)9-6-18)27-17-21(28-11-13-32-14-12-28)19-7-10-22(30-3)23(15-19)31-4/h5-10,15,21H,11-14,16-17H2,1-4H3,(H2,25,26,27). The summed E-state index contributed by atoms with van der Waals surface area (Å²) in [6, 6.07) is 14.2. The fraction of sp³-hybridized carbons (Fsp3) is 0.458. The third kappa shape index (κ3) is 6.27. The lowest BCUT2D eigenvalue weighted by molar-refractivity contribution is 0.0169. The van der Waals surface area contributed by atoms with Crippen molar-refractivity contribution in [2.24, 2.45) is 4.99 Å². The van der Waals surface area contributed by atoms with E-state index in [1.165, 1.54) is 0 Å². The zero-order valence-electron chi connectivity index (χ0n) is 19.4. The lowest BCUT2D eigenvalue weighted by Gasteiger charge is -2.35. The molecule has 0 saturated carbocycles. The molecule has 1 fully saturated rings. The fourth-order valence-electron chi connectivity index (χ4n) is 3.75. The van der Waals surface area contributed by atoms with Gasteiger partial charge in [0.05, 0.1) is 40.6 Å². The van der Waals surface area contributed by atoms with E-state index >= 15 is 0 Å². The van der Waals surface area contributed by atoms with E-state index in [9.17, 15) is 0 Å². The quantitative estimate of drug-likeness (QED) is 0.456. The van der Waals surface area contributed by atoms with Crippen molar-refractivity contribution in [3.63, 3.8) is 0 Å². The van der Waals surface area contributed by atoms with Crippen LogP contribution in [0.5, 0.6) is 17.2 Å². The van der Waals surface area contributed by atoms with Crippen LogP contribution in [0, 0.1) is 0 Å². The lowest BCUT2D eigenvalue weighted by Crippen LogP contribution is -2.46. The number of nitrogens with zero attached hydrogens (tertiary/aromatic N) is 2. The molecule has 1 unspecified atom stereocenters. The number of hydrogen-bond donors (Lipinski definition) is 2. The highest BCUT2D eigenvalue weighted by Crippen LogP contribution is 2.32. The van der Waals surface area contributed by atoms with Crippen LogP contribution in [0.2, 0.25) is 0 Å². The fourth-order valence-corrected chi connectivity index (χ4v) is 3.75. The van der Waals surface area contributed by atoms with Crippen molar-refractivity contribution < 1.29 is 18.9 Å². The van der Waals surface area contributed by atoms with Gasteiger partial charge in [0.15, 0.2) is 17.5 Å². The van der Waals surface area contributed by atoms with E-state index in [1.54, 1.807) is 28.4 Å². The van der Waals surface area contributed by atoms with Gasteiger partial charge < -0.3 is 29.6 Å². The second kappa shape index (κ2) is 12.2. The first-order chi connectivity index (χ1) is 15.7. The predicted molar refractivity (Wildman–Crippen MR) is 126 cm³/mol. The molecule has 2 N–H and O–H groups in total. The van der Waals surface area contributed by atoms with Gasteiger partial charge in [0, 0.05) is 33.2 Å². The third-order valence-electron chi connectivity index (χ3n) is 5.58. The van der Waals surface area contributed by atoms with Crippen LogP contribution in [-0.4, -0.2) is 72.1 Å². The average molecular weight is 443 g/mol. The van der Waals surface area contributed by atoms with E-state index in [-0.39, 0.29) is 6.04 Å². The van der Waals surface area contributed by atoms with Crippen molar-refractivity contribution in [1.29, 1.82) is 0 Å². The first kappa shape index (κ1) is 23.7. The summed E-state index contributed by atoms with van der Waals surface area (Å²) in [6.07, 6.45) is 0. The third-order valence-corrected chi connectivity index (χ3v) is 5.58. The van der Waals surface area contributed by atoms with Crippen molar-refractivity contribution >= 4 is 5.96 Å². The Labute approximate surface area is 190 Å². The summed E-state index contributed by atoms with van der Waals surface area (Å²) >= 11 is 0. The molecule has 0 aliphatic carbocycles. The van der Waals surface area contributed by atoms with Crippen LogP contribution >= 0.6 is 0 Å². The zero-order valence-corrected chi connectivity index (χ0v) is 19.4. The minimum absolute atomic E-state index is 0.137. The summed E-state index contributed by atoms with van der Waals surface area (Å²) in [7, 11) is 6.76. The van der Waals surface area contributed by atoms with Crippen LogP contribution in [0.1, 0.15) is 17.2 Å². The molecule has 1 aliphatic rings. The first-order valence-corrected chi connectivity index (χ1v) is 10.8. The summed E-state index contributed by atoms with van der Waals surface area (Å²) < 4.78 is 21.7. The van der Waals surface area contributed by atoms with Crippen LogP contribution in [0.4, 0.5) is 0 Å². The molecule has 32 heavy (non-hydrogen) atoms. The van der Waals surface area contributed by atoms with E-state index in [1.807, 2.05) is 36.4 Å². The van der Waals surface area contributed by atoms with Gasteiger partial charge in [-0.25, -0.2) is 0 Å². The Hall–Kier alpha value is -2.97. The molecule has 2 aromatic rings. The SMILES string of the molecule is CN=C(NCc1ccc(OC)cc1)NCC(c1ccc(OC)c(OC)c1)N1CCOCC1. The molecule has 0 amide bonds. The Morgan fingerprint density at radius 1 is 0.969 bits per heavy atom. The number of hydrogen-bond acceptors (Lipinski definition) is 6. The largest absolute Gasteiger partial charge is 0.497 e. The van der Waals surface area contributed by atoms with Crippen LogP contribution in [0.3, 0.4) is 0 Å². The Morgan fingerprint density at radius 3 is 2.31 bits per heavy atom. The van der Waals surface area contributed by atoms with E-state index in [4.69, 9.17) is 18.9 Å². The van der Waals surface area contributed by atoms with E-state index in [0.29, 0.717) is 13.1 Å². The Balaban J connectivity index is 1.68. The van der Waals surface area contributed by atoms with Gasteiger partial charge in [0.25, 0.3) is 0 Å². The Bertz CT molecular complexity index is 867. The van der Waals surface area contributed by atoms with Crippen LogP contribution in [-0.2, 0) is 11.3 Å². The first-order valence-electron chi connectivity index (χ1n) is 10.8. The van der Waals surface area contributed by atoms with E-state index in [2.05, 4.69) is 26.6 Å². The highest BCUT2D eigenvalue weighted by molar-refractivity contribution is 5.79. The molecule has 0 spiro atoms. The number of guanidine groups is 1. The maximum absolute atomic E-state index is 5.57. The molecule has 0 bridgehead atoms. The van der Waals surface area contributed by atoms with Crippen LogP contribution < -0.4 is 24.8 Å². The number of morpholine rings is 1. The number of methoxy groups -OCH3 is 3. The molecular weight excluding hydrogens is 408 g/mol. The Kier molecular flexibility index (Phi) is 9.01. The minimum Gasteiger partial charge on any atom is -0.497 e. The highest BCUT2D eigenvalue weighted by Gasteiger charge is 2.24. The molecular formula is C24H34N4O4. The molecule has 0 aromatic heterocycles. The normalized spacial score (nSPS) is 15.7. The smallest absolute Gasteiger partial charge is 0.191 e. The van der Waals surface area contributed by atoms with Crippen LogP contribution in [0.25, 0.3) is 0 Å². The molecule has 1 aliphatic heterocycles. The van der Waals surface area contributed by atoms with Gasteiger partial charge in [0.2, 0.25) is 0 Å². The van der Waals surface area contributed by atoms with Crippen molar-refractivity contribution in [2.45, 2.75) is 12.6 Å². The molecule has 1 saturated heterocycles. The van der Waals surface area contributed by atoms with E-state index in [0.717, 1.165) is 60.6 Å². The van der Waals surface area contributed by atoms with Crippen molar-refractivity contribution in [3.05, 3.63) is 53.6 Å². The topological polar surface area (TPSA) is 76.6 Å². The summed E-state index contributed by atoms with van der Waals surface area (Å²) in [5.41, 5.74) is 2.31. The van der Waals surface area contributed by atoms with Gasteiger partial charge in [-0.15, -0.1) is 0 Å². The summed E-state index contributed by atoms with van der Waals surface area (Å²) in [5.74, 6) is 3.05. The molecule has 2 aromatic carbocycles. The molecule has 1 atom stereocenters. The van der Waals surface area contributed by atoms with Crippen molar-refractivity contribution in [3.8, 4) is 17.2 Å². The average Bonchev–Trinajstić information content (AvgIpc) is 2.86. The highest BCUT2D eigenvalue weighted by atomic mass is 16.5. The number of rotatable bonds is 9. The van der Waals surface area contributed by atoms with Crippen LogP contribution in [0.15, 0.2) is 47.5 Å². The van der Waals surface area contributed by atoms with Gasteiger partial charge in [-0.3, -0.25) is 9.89 Å². The predicted octanol–water partition coefficient (Wildman–Crippen LogP) is 2.45. The van der Waals surface area contributed by atoms with Gasteiger partial charge in [-0.05, 0) is 35.4 Å². The molecule has 8 heteroatoms. The molecule has 1 heterocycles. The second-order valence-corrected chi connectivity index (χ2v) is 7.43. The molecule has 3 rings (SSSR count). The number of nitrogens with one attached hydrogen (secondary N) is 2. The lowest BCUT2D eigenvalue weighted by atomic mass is 10.0. The van der Waals surface area contributed by atoms with Gasteiger partial charge >= 0.3 is 0 Å². The van der Waals surface area contributed by atoms with Gasteiger partial charge in [-0.1, -0.05) is 18.2 Å². The minimum atomic E-state index is 0.137. The van der Waals surface area contributed by atoms with Gasteiger partial charge in [0.1, 0.15) is 5.75 Å².